The third-order valence-corrected chi connectivity index (χ3v) is 3.38. The van der Waals surface area contributed by atoms with Crippen molar-refractivity contribution in [1.82, 2.24) is 9.55 Å². The molecular formula is C16H18N4O4. The van der Waals surface area contributed by atoms with Crippen molar-refractivity contribution in [3.63, 3.8) is 0 Å². The molecule has 0 radical (unpaired) electrons. The highest BCUT2D eigenvalue weighted by Gasteiger charge is 2.10. The van der Waals surface area contributed by atoms with E-state index in [1.165, 1.54) is 35.2 Å². The number of aromatic nitrogens is 2. The van der Waals surface area contributed by atoms with E-state index >= 15 is 0 Å². The van der Waals surface area contributed by atoms with E-state index in [-0.39, 0.29) is 17.8 Å². The molecule has 2 rings (SSSR count). The molecule has 24 heavy (non-hydrogen) atoms. The molecule has 0 aliphatic carbocycles. The van der Waals surface area contributed by atoms with Crippen molar-refractivity contribution in [3.8, 4) is 0 Å². The van der Waals surface area contributed by atoms with Crippen LogP contribution in [0.15, 0.2) is 41.5 Å². The van der Waals surface area contributed by atoms with E-state index in [1.807, 2.05) is 0 Å². The van der Waals surface area contributed by atoms with Crippen molar-refractivity contribution in [2.24, 2.45) is 0 Å². The number of anilines is 1. The zero-order valence-corrected chi connectivity index (χ0v) is 13.3. The van der Waals surface area contributed by atoms with Gasteiger partial charge < -0.3 is 5.32 Å². The van der Waals surface area contributed by atoms with Gasteiger partial charge >= 0.3 is 0 Å². The second-order valence-corrected chi connectivity index (χ2v) is 5.31. The largest absolute Gasteiger partial charge is 0.324 e. The monoisotopic (exact) mass is 330 g/mol. The van der Waals surface area contributed by atoms with E-state index in [0.29, 0.717) is 11.4 Å². The van der Waals surface area contributed by atoms with E-state index < -0.39 is 10.8 Å². The predicted octanol–water partition coefficient (Wildman–Crippen LogP) is 2.13. The molecule has 2 aromatic rings. The van der Waals surface area contributed by atoms with Crippen molar-refractivity contribution >= 4 is 17.3 Å². The number of carbonyl (C=O) groups excluding carboxylic acids is 1. The summed E-state index contributed by atoms with van der Waals surface area (Å²) in [4.78, 5) is 38.3. The highest BCUT2D eigenvalue weighted by Crippen LogP contribution is 2.16. The molecule has 126 valence electrons. The van der Waals surface area contributed by atoms with Gasteiger partial charge in [0.15, 0.2) is 0 Å². The molecule has 1 amide bonds. The number of unbranched alkanes of at least 4 members (excludes halogenated alkanes) is 1. The Morgan fingerprint density at radius 3 is 2.83 bits per heavy atom. The number of carbonyl (C=O) groups is 1. The van der Waals surface area contributed by atoms with E-state index in [0.717, 1.165) is 19.3 Å². The first-order valence-electron chi connectivity index (χ1n) is 7.59. The number of nitro groups is 1. The Kier molecular flexibility index (Phi) is 5.78. The minimum atomic E-state index is -0.543. The lowest BCUT2D eigenvalue weighted by atomic mass is 10.2. The maximum atomic E-state index is 12.0. The maximum absolute atomic E-state index is 12.0. The molecule has 8 heteroatoms. The van der Waals surface area contributed by atoms with E-state index in [4.69, 9.17) is 0 Å². The molecule has 0 aliphatic rings. The summed E-state index contributed by atoms with van der Waals surface area (Å²) in [5.41, 5.74) is 0.587. The first kappa shape index (κ1) is 17.3. The van der Waals surface area contributed by atoms with Crippen LogP contribution in [0.3, 0.4) is 0 Å². The standard InChI is InChI=1S/C16H18N4O4/c1-2-3-5-12-9-16(22)19(11-17-12)10-15(21)18-13-6-4-7-14(8-13)20(23)24/h4,6-9,11H,2-3,5,10H2,1H3,(H,18,21). The van der Waals surface area contributed by atoms with E-state index in [2.05, 4.69) is 17.2 Å². The summed E-state index contributed by atoms with van der Waals surface area (Å²) < 4.78 is 1.20. The van der Waals surface area contributed by atoms with Gasteiger partial charge in [-0.3, -0.25) is 24.3 Å². The fourth-order valence-electron chi connectivity index (χ4n) is 2.13. The summed E-state index contributed by atoms with van der Waals surface area (Å²) in [5.74, 6) is -0.458. The summed E-state index contributed by atoms with van der Waals surface area (Å²) in [6, 6.07) is 7.03. The quantitative estimate of drug-likeness (QED) is 0.618. The Bertz CT molecular complexity index is 801. The van der Waals surface area contributed by atoms with Gasteiger partial charge in [0.1, 0.15) is 6.54 Å². The van der Waals surface area contributed by atoms with Gasteiger partial charge in [-0.15, -0.1) is 0 Å². The maximum Gasteiger partial charge on any atom is 0.271 e. The lowest BCUT2D eigenvalue weighted by Gasteiger charge is -2.08. The Hall–Kier alpha value is -3.03. The van der Waals surface area contributed by atoms with Crippen LogP contribution in [-0.2, 0) is 17.8 Å². The van der Waals surface area contributed by atoms with Crippen LogP contribution in [0.1, 0.15) is 25.5 Å². The Labute approximate surface area is 138 Å². The number of amides is 1. The highest BCUT2D eigenvalue weighted by atomic mass is 16.6. The number of benzene rings is 1. The van der Waals surface area contributed by atoms with Crippen LogP contribution in [0.4, 0.5) is 11.4 Å². The highest BCUT2D eigenvalue weighted by molar-refractivity contribution is 5.90. The smallest absolute Gasteiger partial charge is 0.271 e. The molecule has 1 heterocycles. The van der Waals surface area contributed by atoms with Crippen molar-refractivity contribution in [3.05, 3.63) is 62.8 Å². The topological polar surface area (TPSA) is 107 Å². The molecule has 0 atom stereocenters. The molecule has 0 aliphatic heterocycles. The van der Waals surface area contributed by atoms with Gasteiger partial charge in [-0.25, -0.2) is 4.98 Å². The first-order valence-corrected chi connectivity index (χ1v) is 7.59. The Balaban J connectivity index is 2.03. The van der Waals surface area contributed by atoms with E-state index in [1.54, 1.807) is 6.07 Å². The Morgan fingerprint density at radius 2 is 2.17 bits per heavy atom. The predicted molar refractivity (Wildman–Crippen MR) is 88.8 cm³/mol. The number of nitrogens with zero attached hydrogens (tertiary/aromatic N) is 3. The minimum absolute atomic E-state index is 0.119. The van der Waals surface area contributed by atoms with Gasteiger partial charge in [-0.05, 0) is 18.9 Å². The summed E-state index contributed by atoms with van der Waals surface area (Å²) in [6.45, 7) is 1.85. The van der Waals surface area contributed by atoms with Crippen LogP contribution in [0.25, 0.3) is 0 Å². The average molecular weight is 330 g/mol. The lowest BCUT2D eigenvalue weighted by Crippen LogP contribution is -2.27. The number of aryl methyl sites for hydroxylation is 1. The zero-order valence-electron chi connectivity index (χ0n) is 13.3. The van der Waals surface area contributed by atoms with Gasteiger partial charge in [0.05, 0.1) is 11.3 Å². The van der Waals surface area contributed by atoms with Gasteiger partial charge in [0.25, 0.3) is 11.2 Å². The van der Waals surface area contributed by atoms with Crippen molar-refractivity contribution < 1.29 is 9.72 Å². The van der Waals surface area contributed by atoms with Crippen LogP contribution < -0.4 is 10.9 Å². The average Bonchev–Trinajstić information content (AvgIpc) is 2.55. The molecule has 8 nitrogen and oxygen atoms in total. The van der Waals surface area contributed by atoms with Crippen molar-refractivity contribution in [2.75, 3.05) is 5.32 Å². The molecular weight excluding hydrogens is 312 g/mol. The van der Waals surface area contributed by atoms with Crippen molar-refractivity contribution in [2.45, 2.75) is 32.7 Å². The Morgan fingerprint density at radius 1 is 1.38 bits per heavy atom. The number of hydrogen-bond acceptors (Lipinski definition) is 5. The molecule has 0 bridgehead atoms. The van der Waals surface area contributed by atoms with Crippen molar-refractivity contribution in [1.29, 1.82) is 0 Å². The number of rotatable bonds is 7. The molecule has 1 N–H and O–H groups in total. The fraction of sp³-hybridized carbons (Fsp3) is 0.312. The first-order chi connectivity index (χ1) is 11.5. The molecule has 0 saturated heterocycles. The van der Waals surface area contributed by atoms with Crippen LogP contribution in [0.5, 0.6) is 0 Å². The number of nitrogens with one attached hydrogen (secondary N) is 1. The molecule has 0 unspecified atom stereocenters. The lowest BCUT2D eigenvalue weighted by molar-refractivity contribution is -0.384. The SMILES string of the molecule is CCCCc1cc(=O)n(CC(=O)Nc2cccc([N+](=O)[O-])c2)cn1. The van der Waals surface area contributed by atoms with E-state index in [9.17, 15) is 19.7 Å². The minimum Gasteiger partial charge on any atom is -0.324 e. The molecule has 0 spiro atoms. The number of non-ortho nitro benzene ring substituents is 1. The zero-order chi connectivity index (χ0) is 17.5. The second-order valence-electron chi connectivity index (χ2n) is 5.31. The van der Waals surface area contributed by atoms with Crippen LogP contribution in [0.2, 0.25) is 0 Å². The molecule has 0 fully saturated rings. The normalized spacial score (nSPS) is 10.4. The summed E-state index contributed by atoms with van der Waals surface area (Å²) in [6.07, 6.45) is 4.03. The molecule has 0 saturated carbocycles. The second kappa shape index (κ2) is 8.00. The summed E-state index contributed by atoms with van der Waals surface area (Å²) in [7, 11) is 0. The summed E-state index contributed by atoms with van der Waals surface area (Å²) in [5, 5.41) is 13.3. The van der Waals surface area contributed by atoms with Crippen LogP contribution in [-0.4, -0.2) is 20.4 Å². The fourth-order valence-corrected chi connectivity index (χ4v) is 2.13. The van der Waals surface area contributed by atoms with Gasteiger partial charge in [-0.1, -0.05) is 19.4 Å². The third-order valence-electron chi connectivity index (χ3n) is 3.38. The van der Waals surface area contributed by atoms with Gasteiger partial charge in [-0.2, -0.15) is 0 Å². The van der Waals surface area contributed by atoms with Crippen LogP contribution in [0, 0.1) is 10.1 Å². The van der Waals surface area contributed by atoms with Crippen LogP contribution >= 0.6 is 0 Å². The number of hydrogen-bond donors (Lipinski definition) is 1. The van der Waals surface area contributed by atoms with Gasteiger partial charge in [0, 0.05) is 29.6 Å². The third kappa shape index (κ3) is 4.73. The number of nitro benzene ring substituents is 1. The van der Waals surface area contributed by atoms with Gasteiger partial charge in [0.2, 0.25) is 5.91 Å². The summed E-state index contributed by atoms with van der Waals surface area (Å²) >= 11 is 0. The molecule has 1 aromatic carbocycles. The molecule has 1 aromatic heterocycles.